The Labute approximate surface area is 99.2 Å². The fourth-order valence-electron chi connectivity index (χ4n) is 1.44. The van der Waals surface area contributed by atoms with Crippen LogP contribution in [0.5, 0.6) is 0 Å². The van der Waals surface area contributed by atoms with E-state index in [-0.39, 0.29) is 5.97 Å². The summed E-state index contributed by atoms with van der Waals surface area (Å²) in [6, 6.07) is 9.03. The molecule has 0 atom stereocenters. The smallest absolute Gasteiger partial charge is 0.337 e. The zero-order valence-corrected chi connectivity index (χ0v) is 9.47. The topological polar surface area (TPSA) is 51.5 Å². The van der Waals surface area contributed by atoms with Crippen LogP contribution in [0.25, 0.3) is 0 Å². The molecule has 1 N–H and O–H groups in total. The van der Waals surface area contributed by atoms with Gasteiger partial charge in [-0.3, -0.25) is 0 Å². The van der Waals surface area contributed by atoms with Crippen molar-refractivity contribution in [1.29, 1.82) is 0 Å². The molecule has 88 valence electrons. The molecule has 2 rings (SSSR count). The Bertz CT molecular complexity index is 474. The third kappa shape index (κ3) is 2.87. The van der Waals surface area contributed by atoms with Gasteiger partial charge in [0.2, 0.25) is 0 Å². The van der Waals surface area contributed by atoms with Crippen molar-refractivity contribution in [3.05, 3.63) is 54.0 Å². The first-order valence-electron chi connectivity index (χ1n) is 5.23. The number of methoxy groups -OCH3 is 1. The minimum Gasteiger partial charge on any atom is -0.472 e. The van der Waals surface area contributed by atoms with E-state index in [1.165, 1.54) is 7.11 Å². The van der Waals surface area contributed by atoms with Gasteiger partial charge in [-0.2, -0.15) is 0 Å². The summed E-state index contributed by atoms with van der Waals surface area (Å²) in [6.07, 6.45) is 3.33. The molecule has 1 aromatic heterocycles. The molecule has 4 nitrogen and oxygen atoms in total. The van der Waals surface area contributed by atoms with Crippen molar-refractivity contribution in [3.8, 4) is 0 Å². The van der Waals surface area contributed by atoms with Crippen molar-refractivity contribution in [2.75, 3.05) is 12.4 Å². The van der Waals surface area contributed by atoms with E-state index in [2.05, 4.69) is 10.1 Å². The lowest BCUT2D eigenvalue weighted by atomic mass is 10.2. The number of esters is 1. The van der Waals surface area contributed by atoms with Crippen LogP contribution in [-0.2, 0) is 11.3 Å². The van der Waals surface area contributed by atoms with Crippen molar-refractivity contribution >= 4 is 11.7 Å². The number of hydrogen-bond donors (Lipinski definition) is 1. The Kier molecular flexibility index (Phi) is 3.45. The average molecular weight is 231 g/mol. The summed E-state index contributed by atoms with van der Waals surface area (Å²) in [5.41, 5.74) is 2.56. The Morgan fingerprint density at radius 3 is 2.65 bits per heavy atom. The zero-order valence-electron chi connectivity index (χ0n) is 9.47. The lowest BCUT2D eigenvalue weighted by Crippen LogP contribution is -2.02. The van der Waals surface area contributed by atoms with Crippen LogP contribution in [0.1, 0.15) is 15.9 Å². The first-order valence-corrected chi connectivity index (χ1v) is 5.23. The van der Waals surface area contributed by atoms with Crippen LogP contribution >= 0.6 is 0 Å². The largest absolute Gasteiger partial charge is 0.472 e. The van der Waals surface area contributed by atoms with Crippen molar-refractivity contribution in [1.82, 2.24) is 0 Å². The predicted molar refractivity (Wildman–Crippen MR) is 63.8 cm³/mol. The van der Waals surface area contributed by atoms with Gasteiger partial charge >= 0.3 is 5.97 Å². The van der Waals surface area contributed by atoms with Crippen molar-refractivity contribution in [2.45, 2.75) is 6.54 Å². The van der Waals surface area contributed by atoms with Gasteiger partial charge in [0.15, 0.2) is 0 Å². The highest BCUT2D eigenvalue weighted by molar-refractivity contribution is 5.89. The zero-order chi connectivity index (χ0) is 12.1. The molecule has 0 bridgehead atoms. The molecule has 0 spiro atoms. The highest BCUT2D eigenvalue weighted by Gasteiger charge is 2.03. The van der Waals surface area contributed by atoms with Gasteiger partial charge in [-0.25, -0.2) is 4.79 Å². The first-order chi connectivity index (χ1) is 8.29. The number of furan rings is 1. The Morgan fingerprint density at radius 1 is 1.29 bits per heavy atom. The molecule has 0 saturated carbocycles. The molecule has 17 heavy (non-hydrogen) atoms. The maximum absolute atomic E-state index is 11.2. The quantitative estimate of drug-likeness (QED) is 0.822. The van der Waals surface area contributed by atoms with Crippen LogP contribution < -0.4 is 5.32 Å². The molecule has 0 unspecified atom stereocenters. The minimum atomic E-state index is -0.327. The number of carbonyl (C=O) groups is 1. The summed E-state index contributed by atoms with van der Waals surface area (Å²) in [6.45, 7) is 0.689. The van der Waals surface area contributed by atoms with Crippen molar-refractivity contribution in [3.63, 3.8) is 0 Å². The summed E-state index contributed by atoms with van der Waals surface area (Å²) < 4.78 is 9.59. The number of rotatable bonds is 4. The van der Waals surface area contributed by atoms with E-state index >= 15 is 0 Å². The van der Waals surface area contributed by atoms with Crippen LogP contribution in [0.4, 0.5) is 5.69 Å². The number of hydrogen-bond acceptors (Lipinski definition) is 4. The molecule has 2 aromatic rings. The summed E-state index contributed by atoms with van der Waals surface area (Å²) in [4.78, 5) is 11.2. The molecule has 0 aliphatic heterocycles. The van der Waals surface area contributed by atoms with E-state index in [1.807, 2.05) is 18.2 Å². The monoisotopic (exact) mass is 231 g/mol. The Morgan fingerprint density at radius 2 is 2.06 bits per heavy atom. The second-order valence-electron chi connectivity index (χ2n) is 3.55. The molecule has 0 fully saturated rings. The molecular weight excluding hydrogens is 218 g/mol. The van der Waals surface area contributed by atoms with E-state index < -0.39 is 0 Å². The lowest BCUT2D eigenvalue weighted by Gasteiger charge is -2.05. The SMILES string of the molecule is COC(=O)c1ccc(NCc2ccoc2)cc1. The van der Waals surface area contributed by atoms with Gasteiger partial charge in [-0.1, -0.05) is 0 Å². The number of carbonyl (C=O) groups excluding carboxylic acids is 1. The molecule has 1 heterocycles. The van der Waals surface area contributed by atoms with Gasteiger partial charge < -0.3 is 14.5 Å². The minimum absolute atomic E-state index is 0.327. The van der Waals surface area contributed by atoms with E-state index in [9.17, 15) is 4.79 Å². The van der Waals surface area contributed by atoms with Gasteiger partial charge in [0, 0.05) is 17.8 Å². The van der Waals surface area contributed by atoms with Crippen molar-refractivity contribution in [2.24, 2.45) is 0 Å². The molecule has 0 aliphatic rings. The third-order valence-corrected chi connectivity index (χ3v) is 2.38. The van der Waals surface area contributed by atoms with Crippen molar-refractivity contribution < 1.29 is 13.9 Å². The fraction of sp³-hybridized carbons (Fsp3) is 0.154. The second kappa shape index (κ2) is 5.21. The number of nitrogens with one attached hydrogen (secondary N) is 1. The molecule has 0 amide bonds. The van der Waals surface area contributed by atoms with Crippen LogP contribution in [0.2, 0.25) is 0 Å². The Hall–Kier alpha value is -2.23. The molecular formula is C13H13NO3. The summed E-state index contributed by atoms with van der Waals surface area (Å²) in [7, 11) is 1.37. The first kappa shape index (κ1) is 11.3. The highest BCUT2D eigenvalue weighted by Crippen LogP contribution is 2.12. The van der Waals surface area contributed by atoms with E-state index in [4.69, 9.17) is 4.42 Å². The van der Waals surface area contributed by atoms with E-state index in [0.29, 0.717) is 12.1 Å². The summed E-state index contributed by atoms with van der Waals surface area (Å²) in [5.74, 6) is -0.327. The van der Waals surface area contributed by atoms with E-state index in [0.717, 1.165) is 11.3 Å². The van der Waals surface area contributed by atoms with Crippen LogP contribution in [-0.4, -0.2) is 13.1 Å². The summed E-state index contributed by atoms with van der Waals surface area (Å²) in [5, 5.41) is 3.22. The predicted octanol–water partition coefficient (Wildman–Crippen LogP) is 2.68. The number of anilines is 1. The molecule has 4 heteroatoms. The number of ether oxygens (including phenoxy) is 1. The average Bonchev–Trinajstić information content (AvgIpc) is 2.89. The standard InChI is InChI=1S/C13H13NO3/c1-16-13(15)11-2-4-12(5-3-11)14-8-10-6-7-17-9-10/h2-7,9,14H,8H2,1H3. The lowest BCUT2D eigenvalue weighted by molar-refractivity contribution is 0.0601. The summed E-state index contributed by atoms with van der Waals surface area (Å²) >= 11 is 0. The fourth-order valence-corrected chi connectivity index (χ4v) is 1.44. The van der Waals surface area contributed by atoms with Gasteiger partial charge in [0.05, 0.1) is 25.2 Å². The second-order valence-corrected chi connectivity index (χ2v) is 3.55. The van der Waals surface area contributed by atoms with Crippen LogP contribution in [0.3, 0.4) is 0 Å². The third-order valence-electron chi connectivity index (χ3n) is 2.38. The Balaban J connectivity index is 1.96. The van der Waals surface area contributed by atoms with Crippen LogP contribution in [0, 0.1) is 0 Å². The molecule has 0 aliphatic carbocycles. The molecule has 0 radical (unpaired) electrons. The highest BCUT2D eigenvalue weighted by atomic mass is 16.5. The number of benzene rings is 1. The van der Waals surface area contributed by atoms with Crippen LogP contribution in [0.15, 0.2) is 47.3 Å². The molecule has 1 aromatic carbocycles. The van der Waals surface area contributed by atoms with Gasteiger partial charge in [-0.15, -0.1) is 0 Å². The maximum Gasteiger partial charge on any atom is 0.337 e. The maximum atomic E-state index is 11.2. The normalized spacial score (nSPS) is 9.94. The molecule has 0 saturated heterocycles. The van der Waals surface area contributed by atoms with Gasteiger partial charge in [0.1, 0.15) is 0 Å². The van der Waals surface area contributed by atoms with Gasteiger partial charge in [-0.05, 0) is 30.3 Å². The van der Waals surface area contributed by atoms with Gasteiger partial charge in [0.25, 0.3) is 0 Å². The van der Waals surface area contributed by atoms with E-state index in [1.54, 1.807) is 24.7 Å².